The number of hydrogen-bond donors (Lipinski definition) is 3. The number of aromatic nitrogens is 2. The van der Waals surface area contributed by atoms with E-state index in [2.05, 4.69) is 33.5 Å². The molecule has 1 aromatic heterocycles. The normalized spacial score (nSPS) is 15.6. The minimum atomic E-state index is 0. The summed E-state index contributed by atoms with van der Waals surface area (Å²) in [6.45, 7) is 4.87. The van der Waals surface area contributed by atoms with E-state index >= 15 is 0 Å². The molecule has 0 amide bonds. The van der Waals surface area contributed by atoms with E-state index in [1.165, 1.54) is 0 Å². The fourth-order valence-corrected chi connectivity index (χ4v) is 3.87. The maximum Gasteiger partial charge on any atom is 0.229 e. The first kappa shape index (κ1) is 21.9. The van der Waals surface area contributed by atoms with Gasteiger partial charge in [-0.3, -0.25) is 0 Å². The fraction of sp³-hybridized carbons (Fsp3) is 0.286. The number of nitriles is 1. The van der Waals surface area contributed by atoms with E-state index in [0.29, 0.717) is 34.0 Å². The lowest BCUT2D eigenvalue weighted by atomic mass is 10.2. The molecule has 0 saturated carbocycles. The molecule has 1 aliphatic rings. The van der Waals surface area contributed by atoms with Gasteiger partial charge in [0, 0.05) is 40.9 Å². The average Bonchev–Trinajstić information content (AvgIpc) is 3.15. The van der Waals surface area contributed by atoms with Gasteiger partial charge in [-0.1, -0.05) is 18.5 Å². The number of nitrogens with one attached hydrogen (secondary N) is 2. The van der Waals surface area contributed by atoms with Crippen LogP contribution in [0, 0.1) is 11.3 Å². The van der Waals surface area contributed by atoms with Crippen LogP contribution in [0.15, 0.2) is 36.4 Å². The van der Waals surface area contributed by atoms with Crippen molar-refractivity contribution in [3.05, 3.63) is 47.0 Å². The van der Waals surface area contributed by atoms with Crippen molar-refractivity contribution in [2.75, 3.05) is 35.6 Å². The average molecular weight is 444 g/mol. The lowest BCUT2D eigenvalue weighted by Gasteiger charge is -2.21. The van der Waals surface area contributed by atoms with Gasteiger partial charge < -0.3 is 21.3 Å². The molecule has 0 radical (unpaired) electrons. The number of nitrogens with two attached hydrogens (primary N) is 1. The Morgan fingerprint density at radius 3 is 2.87 bits per heavy atom. The quantitative estimate of drug-likeness (QED) is 0.510. The van der Waals surface area contributed by atoms with Crippen molar-refractivity contribution in [2.45, 2.75) is 19.4 Å². The van der Waals surface area contributed by atoms with Crippen molar-refractivity contribution in [3.8, 4) is 6.07 Å². The third-order valence-corrected chi connectivity index (χ3v) is 5.20. The molecular formula is C21H23Cl2N7. The number of benzene rings is 2. The van der Waals surface area contributed by atoms with E-state index in [1.54, 1.807) is 18.2 Å². The first-order chi connectivity index (χ1) is 14.1. The number of halogens is 2. The fourth-order valence-electron chi connectivity index (χ4n) is 3.71. The van der Waals surface area contributed by atoms with Crippen LogP contribution in [0.4, 0.5) is 23.1 Å². The van der Waals surface area contributed by atoms with Gasteiger partial charge in [-0.05, 0) is 49.4 Å². The number of likely N-dealkylation sites (N-methyl/N-ethyl adjacent to an activating group) is 1. The summed E-state index contributed by atoms with van der Waals surface area (Å²) >= 11 is 6.21. The molecule has 0 aliphatic carbocycles. The van der Waals surface area contributed by atoms with Crippen molar-refractivity contribution in [1.29, 1.82) is 5.26 Å². The van der Waals surface area contributed by atoms with Gasteiger partial charge in [-0.25, -0.2) is 4.98 Å². The topological polar surface area (TPSA) is 103 Å². The molecule has 156 valence electrons. The Kier molecular flexibility index (Phi) is 6.83. The molecule has 30 heavy (non-hydrogen) atoms. The van der Waals surface area contributed by atoms with E-state index in [9.17, 15) is 5.26 Å². The Morgan fingerprint density at radius 1 is 1.27 bits per heavy atom. The molecule has 1 atom stereocenters. The molecule has 3 aromatic rings. The Morgan fingerprint density at radius 2 is 2.10 bits per heavy atom. The van der Waals surface area contributed by atoms with Crippen molar-refractivity contribution in [1.82, 2.24) is 15.3 Å². The molecule has 1 aliphatic heterocycles. The van der Waals surface area contributed by atoms with Crippen LogP contribution in [0.25, 0.3) is 10.9 Å². The van der Waals surface area contributed by atoms with Crippen LogP contribution in [0.3, 0.4) is 0 Å². The van der Waals surface area contributed by atoms with Crippen LogP contribution >= 0.6 is 24.0 Å². The molecule has 4 rings (SSSR count). The second kappa shape index (κ2) is 9.35. The van der Waals surface area contributed by atoms with Gasteiger partial charge >= 0.3 is 0 Å². The third kappa shape index (κ3) is 4.68. The van der Waals surface area contributed by atoms with Crippen LogP contribution in [0.2, 0.25) is 5.02 Å². The summed E-state index contributed by atoms with van der Waals surface area (Å²) in [5, 5.41) is 17.5. The number of hydrogen-bond acceptors (Lipinski definition) is 7. The standard InChI is InChI=1S/C21H22ClN7.ClH/c1-2-25-16-5-6-29(12-16)20-18-4-3-14(22)9-19(18)27-21(28-20)26-17-8-13(11-23)7-15(24)10-17;/h3-4,7-10,16,25H,2,5-6,12,24H2,1H3,(H,26,27,28);1H. The van der Waals surface area contributed by atoms with Crippen molar-refractivity contribution < 1.29 is 0 Å². The Balaban J connectivity index is 0.00000256. The van der Waals surface area contributed by atoms with E-state index in [1.807, 2.05) is 18.2 Å². The van der Waals surface area contributed by atoms with Crippen LogP contribution in [-0.4, -0.2) is 35.6 Å². The monoisotopic (exact) mass is 443 g/mol. The minimum Gasteiger partial charge on any atom is -0.399 e. The molecule has 9 heteroatoms. The molecule has 2 aromatic carbocycles. The molecule has 1 fully saturated rings. The molecule has 0 bridgehead atoms. The molecule has 7 nitrogen and oxygen atoms in total. The summed E-state index contributed by atoms with van der Waals surface area (Å²) in [6.07, 6.45) is 1.07. The highest BCUT2D eigenvalue weighted by Crippen LogP contribution is 2.31. The predicted molar refractivity (Wildman–Crippen MR) is 125 cm³/mol. The zero-order valence-electron chi connectivity index (χ0n) is 16.5. The number of fused-ring (bicyclic) bond motifs is 1. The highest BCUT2D eigenvalue weighted by atomic mass is 35.5. The van der Waals surface area contributed by atoms with E-state index in [0.717, 1.165) is 42.8 Å². The number of rotatable bonds is 5. The minimum absolute atomic E-state index is 0. The van der Waals surface area contributed by atoms with Crippen LogP contribution < -0.4 is 21.3 Å². The smallest absolute Gasteiger partial charge is 0.229 e. The summed E-state index contributed by atoms with van der Waals surface area (Å²) in [6, 6.07) is 13.3. The first-order valence-electron chi connectivity index (χ1n) is 9.59. The van der Waals surface area contributed by atoms with E-state index in [4.69, 9.17) is 22.3 Å². The van der Waals surface area contributed by atoms with Gasteiger partial charge in [-0.2, -0.15) is 10.2 Å². The van der Waals surface area contributed by atoms with Crippen molar-refractivity contribution >= 4 is 58.1 Å². The zero-order chi connectivity index (χ0) is 20.4. The summed E-state index contributed by atoms with van der Waals surface area (Å²) in [7, 11) is 0. The summed E-state index contributed by atoms with van der Waals surface area (Å²) < 4.78 is 0. The van der Waals surface area contributed by atoms with Gasteiger partial charge in [0.1, 0.15) is 5.82 Å². The van der Waals surface area contributed by atoms with Crippen LogP contribution in [0.5, 0.6) is 0 Å². The Hall–Kier alpha value is -2.79. The van der Waals surface area contributed by atoms with Gasteiger partial charge in [0.05, 0.1) is 17.1 Å². The summed E-state index contributed by atoms with van der Waals surface area (Å²) in [4.78, 5) is 11.7. The van der Waals surface area contributed by atoms with E-state index in [-0.39, 0.29) is 12.4 Å². The molecule has 1 saturated heterocycles. The number of anilines is 4. The first-order valence-corrected chi connectivity index (χ1v) is 9.97. The maximum atomic E-state index is 9.19. The van der Waals surface area contributed by atoms with Gasteiger partial charge in [-0.15, -0.1) is 12.4 Å². The van der Waals surface area contributed by atoms with E-state index < -0.39 is 0 Å². The molecule has 4 N–H and O–H groups in total. The number of nitrogens with zero attached hydrogens (tertiary/aromatic N) is 4. The maximum absolute atomic E-state index is 9.19. The summed E-state index contributed by atoms with van der Waals surface area (Å²) in [5.74, 6) is 1.31. The zero-order valence-corrected chi connectivity index (χ0v) is 18.1. The highest BCUT2D eigenvalue weighted by molar-refractivity contribution is 6.31. The molecular weight excluding hydrogens is 421 g/mol. The largest absolute Gasteiger partial charge is 0.399 e. The second-order valence-electron chi connectivity index (χ2n) is 7.10. The van der Waals surface area contributed by atoms with Crippen molar-refractivity contribution in [2.24, 2.45) is 0 Å². The predicted octanol–water partition coefficient (Wildman–Crippen LogP) is 4.09. The lowest BCUT2D eigenvalue weighted by molar-refractivity contribution is 0.571. The molecule has 1 unspecified atom stereocenters. The van der Waals surface area contributed by atoms with Crippen LogP contribution in [-0.2, 0) is 0 Å². The summed E-state index contributed by atoms with van der Waals surface area (Å²) in [5.41, 5.74) is 8.32. The molecule has 2 heterocycles. The third-order valence-electron chi connectivity index (χ3n) is 4.96. The van der Waals surface area contributed by atoms with Crippen molar-refractivity contribution in [3.63, 3.8) is 0 Å². The number of nitrogen functional groups attached to an aromatic ring is 1. The van der Waals surface area contributed by atoms with Gasteiger partial charge in [0.2, 0.25) is 5.95 Å². The van der Waals surface area contributed by atoms with Crippen LogP contribution in [0.1, 0.15) is 18.9 Å². The second-order valence-corrected chi connectivity index (χ2v) is 7.54. The SMILES string of the molecule is CCNC1CCN(c2nc(Nc3cc(N)cc(C#N)c3)nc3cc(Cl)ccc23)C1.Cl. The lowest BCUT2D eigenvalue weighted by Crippen LogP contribution is -2.32. The Bertz CT molecular complexity index is 1100. The van der Waals surface area contributed by atoms with Gasteiger partial charge in [0.15, 0.2) is 0 Å². The highest BCUT2D eigenvalue weighted by Gasteiger charge is 2.25. The molecule has 0 spiro atoms. The van der Waals surface area contributed by atoms with Gasteiger partial charge in [0.25, 0.3) is 0 Å². The Labute approximate surface area is 186 Å².